The minimum absolute atomic E-state index is 0.0269. The fraction of sp³-hybridized carbons (Fsp3) is 0.182. The van der Waals surface area contributed by atoms with Gasteiger partial charge in [0.2, 0.25) is 10.0 Å². The number of rotatable bonds is 5. The third kappa shape index (κ3) is 3.90. The standard InChI is InChI=1S/C11H12ClN3O3S2/c12-8-3-1-7(2-4-8)9(16)5-14-11-15-6-10(19-11)20(13,17)18/h1-4,6,9,16H,5H2,(H,14,15)(H2,13,17,18). The maximum absolute atomic E-state index is 11.1. The number of nitrogens with zero attached hydrogens (tertiary/aromatic N) is 1. The molecule has 2 aromatic rings. The molecule has 0 spiro atoms. The summed E-state index contributed by atoms with van der Waals surface area (Å²) in [6, 6.07) is 6.80. The van der Waals surface area contributed by atoms with E-state index in [0.29, 0.717) is 15.7 Å². The lowest BCUT2D eigenvalue weighted by atomic mass is 10.1. The molecular weight excluding hydrogens is 322 g/mol. The average Bonchev–Trinajstić information content (AvgIpc) is 2.85. The molecule has 1 unspecified atom stereocenters. The normalized spacial score (nSPS) is 13.2. The third-order valence-corrected chi connectivity index (χ3v) is 5.08. The van der Waals surface area contributed by atoms with E-state index in [1.807, 2.05) is 0 Å². The monoisotopic (exact) mass is 333 g/mol. The lowest BCUT2D eigenvalue weighted by Gasteiger charge is -2.11. The van der Waals surface area contributed by atoms with E-state index in [2.05, 4.69) is 10.3 Å². The second-order valence-corrected chi connectivity index (χ2v) is 7.23. The summed E-state index contributed by atoms with van der Waals surface area (Å²) in [5.41, 5.74) is 0.699. The quantitative estimate of drug-likeness (QED) is 0.770. The van der Waals surface area contributed by atoms with E-state index in [-0.39, 0.29) is 10.8 Å². The summed E-state index contributed by atoms with van der Waals surface area (Å²) in [6.45, 7) is 0.194. The number of nitrogens with one attached hydrogen (secondary N) is 1. The highest BCUT2D eigenvalue weighted by Gasteiger charge is 2.13. The number of aromatic nitrogens is 1. The fourth-order valence-corrected chi connectivity index (χ4v) is 3.04. The number of aliphatic hydroxyl groups is 1. The SMILES string of the molecule is NS(=O)(=O)c1cnc(NCC(O)c2ccc(Cl)cc2)s1. The van der Waals surface area contributed by atoms with Gasteiger partial charge in [0.05, 0.1) is 12.3 Å². The molecule has 0 aliphatic rings. The summed E-state index contributed by atoms with van der Waals surface area (Å²) in [5, 5.41) is 18.8. The molecule has 1 heterocycles. The van der Waals surface area contributed by atoms with Crippen molar-refractivity contribution >= 4 is 38.1 Å². The van der Waals surface area contributed by atoms with Gasteiger partial charge in [0.25, 0.3) is 0 Å². The number of hydrogen-bond donors (Lipinski definition) is 3. The van der Waals surface area contributed by atoms with Crippen LogP contribution in [0.25, 0.3) is 0 Å². The molecule has 0 fully saturated rings. The number of halogens is 1. The Morgan fingerprint density at radius 1 is 1.40 bits per heavy atom. The van der Waals surface area contributed by atoms with Crippen molar-refractivity contribution in [1.82, 2.24) is 4.98 Å². The van der Waals surface area contributed by atoms with E-state index in [4.69, 9.17) is 16.7 Å². The zero-order chi connectivity index (χ0) is 14.8. The molecule has 1 aromatic carbocycles. The number of benzene rings is 1. The van der Waals surface area contributed by atoms with Crippen molar-refractivity contribution in [3.63, 3.8) is 0 Å². The van der Waals surface area contributed by atoms with Crippen molar-refractivity contribution < 1.29 is 13.5 Å². The van der Waals surface area contributed by atoms with E-state index in [1.165, 1.54) is 6.20 Å². The molecule has 0 radical (unpaired) electrons. The predicted octanol–water partition coefficient (Wildman–Crippen LogP) is 1.59. The van der Waals surface area contributed by atoms with Gasteiger partial charge in [0, 0.05) is 11.6 Å². The first-order chi connectivity index (χ1) is 9.36. The highest BCUT2D eigenvalue weighted by Crippen LogP contribution is 2.23. The van der Waals surface area contributed by atoms with Crippen LogP contribution in [0.4, 0.5) is 5.13 Å². The zero-order valence-corrected chi connectivity index (χ0v) is 12.5. The van der Waals surface area contributed by atoms with Crippen molar-refractivity contribution in [3.05, 3.63) is 41.0 Å². The average molecular weight is 334 g/mol. The summed E-state index contributed by atoms with van der Waals surface area (Å²) in [5.74, 6) is 0. The molecule has 0 bridgehead atoms. The number of hydrogen-bond acceptors (Lipinski definition) is 6. The van der Waals surface area contributed by atoms with E-state index >= 15 is 0 Å². The number of aliphatic hydroxyl groups excluding tert-OH is 1. The van der Waals surface area contributed by atoms with Crippen molar-refractivity contribution in [2.75, 3.05) is 11.9 Å². The van der Waals surface area contributed by atoms with Gasteiger partial charge in [-0.2, -0.15) is 0 Å². The van der Waals surface area contributed by atoms with Gasteiger partial charge in [0.1, 0.15) is 0 Å². The highest BCUT2D eigenvalue weighted by atomic mass is 35.5. The van der Waals surface area contributed by atoms with Crippen LogP contribution >= 0.6 is 22.9 Å². The minimum atomic E-state index is -3.74. The Morgan fingerprint density at radius 3 is 2.60 bits per heavy atom. The summed E-state index contributed by atoms with van der Waals surface area (Å²) >= 11 is 6.67. The van der Waals surface area contributed by atoms with Crippen molar-refractivity contribution in [2.24, 2.45) is 5.14 Å². The molecule has 6 nitrogen and oxygen atoms in total. The highest BCUT2D eigenvalue weighted by molar-refractivity contribution is 7.91. The molecular formula is C11H12ClN3O3S2. The Hall–Kier alpha value is -1.19. The molecule has 9 heteroatoms. The fourth-order valence-electron chi connectivity index (χ4n) is 1.46. The van der Waals surface area contributed by atoms with Crippen LogP contribution in [0, 0.1) is 0 Å². The summed E-state index contributed by atoms with van der Waals surface area (Å²) in [6.07, 6.45) is 0.422. The van der Waals surface area contributed by atoms with Gasteiger partial charge in [-0.15, -0.1) is 0 Å². The van der Waals surface area contributed by atoms with Crippen molar-refractivity contribution in [3.8, 4) is 0 Å². The number of thiazole rings is 1. The topological polar surface area (TPSA) is 105 Å². The molecule has 2 rings (SSSR count). The molecule has 108 valence electrons. The first-order valence-electron chi connectivity index (χ1n) is 5.52. The Bertz CT molecular complexity index is 685. The van der Waals surface area contributed by atoms with Crippen LogP contribution in [0.3, 0.4) is 0 Å². The number of anilines is 1. The summed E-state index contributed by atoms with van der Waals surface area (Å²) in [4.78, 5) is 3.88. The van der Waals surface area contributed by atoms with Crippen LogP contribution in [-0.4, -0.2) is 25.1 Å². The van der Waals surface area contributed by atoms with Crippen LogP contribution in [0.2, 0.25) is 5.02 Å². The van der Waals surface area contributed by atoms with Crippen LogP contribution in [0.1, 0.15) is 11.7 Å². The molecule has 1 aromatic heterocycles. The Labute approximate surface area is 125 Å². The zero-order valence-electron chi connectivity index (χ0n) is 10.2. The second-order valence-electron chi connectivity index (χ2n) is 3.98. The van der Waals surface area contributed by atoms with Crippen LogP contribution in [0.15, 0.2) is 34.7 Å². The van der Waals surface area contributed by atoms with Gasteiger partial charge < -0.3 is 10.4 Å². The van der Waals surface area contributed by atoms with E-state index in [0.717, 1.165) is 11.3 Å². The molecule has 0 saturated carbocycles. The lowest BCUT2D eigenvalue weighted by Crippen LogP contribution is -2.11. The summed E-state index contributed by atoms with van der Waals surface area (Å²) < 4.78 is 22.2. The third-order valence-electron chi connectivity index (χ3n) is 2.47. The van der Waals surface area contributed by atoms with Gasteiger partial charge in [0.15, 0.2) is 9.34 Å². The van der Waals surface area contributed by atoms with Crippen LogP contribution in [0.5, 0.6) is 0 Å². The second kappa shape index (κ2) is 6.06. The molecule has 0 saturated heterocycles. The first-order valence-corrected chi connectivity index (χ1v) is 8.26. The molecule has 0 aliphatic heterocycles. The van der Waals surface area contributed by atoms with E-state index in [1.54, 1.807) is 24.3 Å². The maximum Gasteiger partial charge on any atom is 0.249 e. The minimum Gasteiger partial charge on any atom is -0.387 e. The molecule has 20 heavy (non-hydrogen) atoms. The molecule has 1 atom stereocenters. The first kappa shape index (κ1) is 15.2. The number of primary sulfonamides is 1. The van der Waals surface area contributed by atoms with Gasteiger partial charge in [-0.05, 0) is 17.7 Å². The lowest BCUT2D eigenvalue weighted by molar-refractivity contribution is 0.191. The van der Waals surface area contributed by atoms with Gasteiger partial charge in [-0.3, -0.25) is 0 Å². The number of nitrogens with two attached hydrogens (primary N) is 1. The molecule has 4 N–H and O–H groups in total. The van der Waals surface area contributed by atoms with Crippen LogP contribution in [-0.2, 0) is 10.0 Å². The van der Waals surface area contributed by atoms with Crippen molar-refractivity contribution in [2.45, 2.75) is 10.3 Å². The largest absolute Gasteiger partial charge is 0.387 e. The Kier molecular flexibility index (Phi) is 4.61. The van der Waals surface area contributed by atoms with E-state index in [9.17, 15) is 13.5 Å². The summed E-state index contributed by atoms with van der Waals surface area (Å²) in [7, 11) is -3.74. The Balaban J connectivity index is 1.98. The predicted molar refractivity (Wildman–Crippen MR) is 78.4 cm³/mol. The van der Waals surface area contributed by atoms with Gasteiger partial charge in [-0.1, -0.05) is 35.1 Å². The van der Waals surface area contributed by atoms with Crippen LogP contribution < -0.4 is 10.5 Å². The van der Waals surface area contributed by atoms with Crippen molar-refractivity contribution in [1.29, 1.82) is 0 Å². The van der Waals surface area contributed by atoms with E-state index < -0.39 is 16.1 Å². The molecule has 0 amide bonds. The van der Waals surface area contributed by atoms with Gasteiger partial charge in [-0.25, -0.2) is 18.5 Å². The van der Waals surface area contributed by atoms with Gasteiger partial charge >= 0.3 is 0 Å². The number of sulfonamides is 1. The smallest absolute Gasteiger partial charge is 0.249 e. The maximum atomic E-state index is 11.1. The Morgan fingerprint density at radius 2 is 2.05 bits per heavy atom. The molecule has 0 aliphatic carbocycles.